The van der Waals surface area contributed by atoms with Crippen LogP contribution in [0.3, 0.4) is 0 Å². The van der Waals surface area contributed by atoms with Gasteiger partial charge in [0.1, 0.15) is 0 Å². The van der Waals surface area contributed by atoms with E-state index in [1.807, 2.05) is 11.8 Å². The molecule has 1 saturated heterocycles. The number of carboxylic acids is 1. The maximum Gasteiger partial charge on any atom is 0.303 e. The summed E-state index contributed by atoms with van der Waals surface area (Å²) >= 11 is 0. The number of carbonyl (C=O) groups is 2. The smallest absolute Gasteiger partial charge is 0.303 e. The Morgan fingerprint density at radius 3 is 2.81 bits per heavy atom. The molecule has 2 atom stereocenters. The molecule has 1 saturated carbocycles. The van der Waals surface area contributed by atoms with Gasteiger partial charge >= 0.3 is 5.97 Å². The molecule has 2 fully saturated rings. The molecule has 0 spiro atoms. The fourth-order valence-corrected chi connectivity index (χ4v) is 2.28. The fraction of sp³-hybridized carbons (Fsp3) is 0.818. The zero-order valence-corrected chi connectivity index (χ0v) is 9.48. The first-order valence-corrected chi connectivity index (χ1v) is 5.87. The van der Waals surface area contributed by atoms with E-state index in [9.17, 15) is 9.59 Å². The number of amides is 1. The third-order valence-corrected chi connectivity index (χ3v) is 3.27. The van der Waals surface area contributed by atoms with Gasteiger partial charge in [-0.05, 0) is 26.2 Å². The summed E-state index contributed by atoms with van der Waals surface area (Å²) in [7, 11) is 0. The third kappa shape index (κ3) is 2.35. The minimum Gasteiger partial charge on any atom is -0.481 e. The molecule has 1 aliphatic heterocycles. The van der Waals surface area contributed by atoms with E-state index in [2.05, 4.69) is 5.32 Å². The summed E-state index contributed by atoms with van der Waals surface area (Å²) in [5.74, 6) is -0.756. The number of carboxylic acid groups (broad SMARTS) is 1. The lowest BCUT2D eigenvalue weighted by Crippen LogP contribution is -2.59. The second kappa shape index (κ2) is 4.41. The van der Waals surface area contributed by atoms with Crippen molar-refractivity contribution in [1.29, 1.82) is 0 Å². The molecule has 2 aliphatic rings. The number of carbonyl (C=O) groups excluding carboxylic acids is 1. The molecular formula is C11H18N2O3. The van der Waals surface area contributed by atoms with E-state index < -0.39 is 5.97 Å². The van der Waals surface area contributed by atoms with Crippen LogP contribution in [0.25, 0.3) is 0 Å². The van der Waals surface area contributed by atoms with Crippen LogP contribution in [0.4, 0.5) is 0 Å². The number of nitrogens with zero attached hydrogens (tertiary/aromatic N) is 1. The monoisotopic (exact) mass is 226 g/mol. The summed E-state index contributed by atoms with van der Waals surface area (Å²) in [5, 5.41) is 11.7. The zero-order valence-electron chi connectivity index (χ0n) is 9.48. The van der Waals surface area contributed by atoms with Crippen molar-refractivity contribution >= 4 is 11.9 Å². The Balaban J connectivity index is 1.94. The highest BCUT2D eigenvalue weighted by Crippen LogP contribution is 2.30. The number of aliphatic carboxylic acids is 1. The van der Waals surface area contributed by atoms with Crippen molar-refractivity contribution in [3.05, 3.63) is 0 Å². The van der Waals surface area contributed by atoms with E-state index in [1.54, 1.807) is 0 Å². The highest BCUT2D eigenvalue weighted by molar-refractivity contribution is 5.84. The van der Waals surface area contributed by atoms with E-state index in [0.717, 1.165) is 19.4 Å². The Labute approximate surface area is 94.8 Å². The largest absolute Gasteiger partial charge is 0.481 e. The first kappa shape index (κ1) is 11.4. The summed E-state index contributed by atoms with van der Waals surface area (Å²) in [6, 6.07) is 0.353. The summed E-state index contributed by atoms with van der Waals surface area (Å²) < 4.78 is 0. The number of hydrogen-bond acceptors (Lipinski definition) is 3. The van der Waals surface area contributed by atoms with Crippen LogP contribution >= 0.6 is 0 Å². The lowest BCUT2D eigenvalue weighted by molar-refractivity contribution is -0.140. The van der Waals surface area contributed by atoms with Gasteiger partial charge in [0.05, 0.1) is 6.04 Å². The molecule has 0 radical (unpaired) electrons. The van der Waals surface area contributed by atoms with Crippen LogP contribution < -0.4 is 5.32 Å². The van der Waals surface area contributed by atoms with Crippen molar-refractivity contribution in [3.63, 3.8) is 0 Å². The van der Waals surface area contributed by atoms with Crippen LogP contribution in [0.5, 0.6) is 0 Å². The van der Waals surface area contributed by atoms with Crippen LogP contribution in [0.2, 0.25) is 0 Å². The number of piperazine rings is 1. The van der Waals surface area contributed by atoms with Gasteiger partial charge in [-0.1, -0.05) is 0 Å². The quantitative estimate of drug-likeness (QED) is 0.718. The number of rotatable bonds is 4. The van der Waals surface area contributed by atoms with Gasteiger partial charge in [-0.3, -0.25) is 9.59 Å². The first-order chi connectivity index (χ1) is 7.59. The standard InChI is InChI=1S/C11H18N2O3/c1-7-6-12-9(4-5-10(14)15)11(16)13(7)8-2-3-8/h7-9,12H,2-6H2,1H3,(H,14,15). The molecule has 0 aromatic heterocycles. The predicted molar refractivity (Wildman–Crippen MR) is 58.0 cm³/mol. The highest BCUT2D eigenvalue weighted by Gasteiger charge is 2.41. The van der Waals surface area contributed by atoms with Gasteiger partial charge in [-0.25, -0.2) is 0 Å². The normalized spacial score (nSPS) is 30.6. The van der Waals surface area contributed by atoms with Crippen LogP contribution in [-0.2, 0) is 9.59 Å². The average Bonchev–Trinajstić information content (AvgIpc) is 3.00. The van der Waals surface area contributed by atoms with Crippen LogP contribution in [0.1, 0.15) is 32.6 Å². The topological polar surface area (TPSA) is 69.6 Å². The molecule has 2 unspecified atom stereocenters. The minimum atomic E-state index is -0.841. The van der Waals surface area contributed by atoms with Crippen LogP contribution in [0, 0.1) is 0 Å². The lowest BCUT2D eigenvalue weighted by Gasteiger charge is -2.38. The fourth-order valence-electron chi connectivity index (χ4n) is 2.28. The maximum absolute atomic E-state index is 12.1. The van der Waals surface area contributed by atoms with Crippen molar-refractivity contribution in [2.75, 3.05) is 6.54 Å². The Morgan fingerprint density at radius 2 is 2.25 bits per heavy atom. The molecule has 0 bridgehead atoms. The summed E-state index contributed by atoms with van der Waals surface area (Å²) in [4.78, 5) is 24.5. The summed E-state index contributed by atoms with van der Waals surface area (Å²) in [6.07, 6.45) is 2.64. The van der Waals surface area contributed by atoms with E-state index in [1.165, 1.54) is 0 Å². The molecular weight excluding hydrogens is 208 g/mol. The van der Waals surface area contributed by atoms with Crippen molar-refractivity contribution in [3.8, 4) is 0 Å². The maximum atomic E-state index is 12.1. The van der Waals surface area contributed by atoms with E-state index >= 15 is 0 Å². The van der Waals surface area contributed by atoms with Crippen LogP contribution in [-0.4, -0.2) is 46.6 Å². The molecule has 2 N–H and O–H groups in total. The van der Waals surface area contributed by atoms with Gasteiger partial charge in [-0.15, -0.1) is 0 Å². The molecule has 2 rings (SSSR count). The SMILES string of the molecule is CC1CNC(CCC(=O)O)C(=O)N1C1CC1. The first-order valence-electron chi connectivity index (χ1n) is 5.87. The Kier molecular flexibility index (Phi) is 3.14. The molecule has 5 heteroatoms. The van der Waals surface area contributed by atoms with Gasteiger partial charge in [-0.2, -0.15) is 0 Å². The van der Waals surface area contributed by atoms with Crippen molar-refractivity contribution in [1.82, 2.24) is 10.2 Å². The molecule has 0 aromatic rings. The molecule has 5 nitrogen and oxygen atoms in total. The van der Waals surface area contributed by atoms with Gasteiger partial charge in [0.25, 0.3) is 0 Å². The number of nitrogens with one attached hydrogen (secondary N) is 1. The number of hydrogen-bond donors (Lipinski definition) is 2. The second-order valence-corrected chi connectivity index (χ2v) is 4.72. The van der Waals surface area contributed by atoms with Gasteiger partial charge < -0.3 is 15.3 Å². The predicted octanol–water partition coefficient (Wildman–Crippen LogP) is 0.203. The summed E-state index contributed by atoms with van der Waals surface area (Å²) in [5.41, 5.74) is 0. The van der Waals surface area contributed by atoms with E-state index in [-0.39, 0.29) is 24.4 Å². The Hall–Kier alpha value is -1.10. The molecule has 1 heterocycles. The minimum absolute atomic E-state index is 0.0519. The van der Waals surface area contributed by atoms with E-state index in [4.69, 9.17) is 5.11 Å². The van der Waals surface area contributed by atoms with Crippen LogP contribution in [0.15, 0.2) is 0 Å². The highest BCUT2D eigenvalue weighted by atomic mass is 16.4. The average molecular weight is 226 g/mol. The zero-order chi connectivity index (χ0) is 11.7. The lowest BCUT2D eigenvalue weighted by atomic mass is 10.0. The molecule has 1 aliphatic carbocycles. The van der Waals surface area contributed by atoms with Gasteiger partial charge in [0.2, 0.25) is 5.91 Å². The molecule has 16 heavy (non-hydrogen) atoms. The van der Waals surface area contributed by atoms with Crippen molar-refractivity contribution in [2.45, 2.75) is 50.7 Å². The molecule has 90 valence electrons. The van der Waals surface area contributed by atoms with Crippen molar-refractivity contribution in [2.24, 2.45) is 0 Å². The second-order valence-electron chi connectivity index (χ2n) is 4.72. The Bertz CT molecular complexity index is 302. The molecule has 0 aromatic carbocycles. The van der Waals surface area contributed by atoms with E-state index in [0.29, 0.717) is 12.5 Å². The third-order valence-electron chi connectivity index (χ3n) is 3.27. The molecule has 1 amide bonds. The van der Waals surface area contributed by atoms with Crippen molar-refractivity contribution < 1.29 is 14.7 Å². The van der Waals surface area contributed by atoms with Gasteiger partial charge in [0.15, 0.2) is 0 Å². The Morgan fingerprint density at radius 1 is 1.56 bits per heavy atom. The summed E-state index contributed by atoms with van der Waals surface area (Å²) in [6.45, 7) is 2.81. The van der Waals surface area contributed by atoms with Gasteiger partial charge in [0, 0.05) is 25.0 Å².